The van der Waals surface area contributed by atoms with Gasteiger partial charge in [0, 0.05) is 44.8 Å². The molecule has 0 bridgehead atoms. The van der Waals surface area contributed by atoms with Crippen LogP contribution in [0.2, 0.25) is 0 Å². The molecular formula is C11H20N2OS. The monoisotopic (exact) mass is 228 g/mol. The molecule has 1 aromatic rings. The fraction of sp³-hybridized carbons (Fsp3) is 0.636. The molecule has 1 rings (SSSR count). The van der Waals surface area contributed by atoms with Crippen LogP contribution in [0.1, 0.15) is 11.3 Å². The number of methoxy groups -OCH3 is 1. The molecule has 0 radical (unpaired) electrons. The van der Waals surface area contributed by atoms with E-state index in [1.54, 1.807) is 18.4 Å². The summed E-state index contributed by atoms with van der Waals surface area (Å²) in [7, 11) is 1.74. The zero-order chi connectivity index (χ0) is 10.9. The number of thiophene rings is 1. The van der Waals surface area contributed by atoms with E-state index in [0.717, 1.165) is 39.2 Å². The second-order valence-electron chi connectivity index (χ2n) is 3.49. The third-order valence-corrected chi connectivity index (χ3v) is 3.09. The van der Waals surface area contributed by atoms with Crippen molar-refractivity contribution in [3.8, 4) is 0 Å². The molecule has 0 aliphatic heterocycles. The first-order valence-corrected chi connectivity index (χ1v) is 6.18. The molecule has 0 amide bonds. The van der Waals surface area contributed by atoms with Crippen molar-refractivity contribution in [2.24, 2.45) is 5.73 Å². The van der Waals surface area contributed by atoms with E-state index in [1.165, 1.54) is 4.88 Å². The lowest BCUT2D eigenvalue weighted by Gasteiger charge is -2.20. The maximum Gasteiger partial charge on any atom is 0.0474 e. The van der Waals surface area contributed by atoms with Gasteiger partial charge in [0.1, 0.15) is 0 Å². The highest BCUT2D eigenvalue weighted by Crippen LogP contribution is 2.11. The van der Waals surface area contributed by atoms with Crippen LogP contribution in [0.3, 0.4) is 0 Å². The molecule has 4 heteroatoms. The van der Waals surface area contributed by atoms with Gasteiger partial charge in [0.2, 0.25) is 0 Å². The Balaban J connectivity index is 2.29. The van der Waals surface area contributed by atoms with E-state index in [9.17, 15) is 0 Å². The minimum atomic E-state index is 0.721. The molecule has 0 atom stereocenters. The van der Waals surface area contributed by atoms with Crippen LogP contribution in [0.5, 0.6) is 0 Å². The van der Waals surface area contributed by atoms with E-state index in [2.05, 4.69) is 22.4 Å². The van der Waals surface area contributed by atoms with Crippen LogP contribution < -0.4 is 5.73 Å². The maximum absolute atomic E-state index is 5.59. The van der Waals surface area contributed by atoms with Crippen LogP contribution in [-0.4, -0.2) is 38.3 Å². The number of rotatable bonds is 8. The molecule has 0 unspecified atom stereocenters. The second kappa shape index (κ2) is 7.82. The van der Waals surface area contributed by atoms with Gasteiger partial charge in [-0.25, -0.2) is 0 Å². The van der Waals surface area contributed by atoms with Crippen molar-refractivity contribution >= 4 is 11.3 Å². The van der Waals surface area contributed by atoms with Crippen molar-refractivity contribution in [2.45, 2.75) is 13.0 Å². The summed E-state index contributed by atoms with van der Waals surface area (Å²) in [6, 6.07) is 4.26. The van der Waals surface area contributed by atoms with Gasteiger partial charge in [-0.3, -0.25) is 4.90 Å². The van der Waals surface area contributed by atoms with E-state index in [1.807, 2.05) is 0 Å². The Morgan fingerprint density at radius 3 is 2.93 bits per heavy atom. The van der Waals surface area contributed by atoms with Gasteiger partial charge in [0.05, 0.1) is 0 Å². The Morgan fingerprint density at radius 2 is 2.33 bits per heavy atom. The summed E-state index contributed by atoms with van der Waals surface area (Å²) in [5, 5.41) is 2.12. The average molecular weight is 228 g/mol. The fourth-order valence-corrected chi connectivity index (χ4v) is 2.25. The fourth-order valence-electron chi connectivity index (χ4n) is 1.51. The summed E-state index contributed by atoms with van der Waals surface area (Å²) in [5.74, 6) is 0. The molecule has 1 heterocycles. The van der Waals surface area contributed by atoms with E-state index in [0.29, 0.717) is 0 Å². The zero-order valence-corrected chi connectivity index (χ0v) is 10.1. The van der Waals surface area contributed by atoms with Gasteiger partial charge in [0.15, 0.2) is 0 Å². The molecule has 0 saturated heterocycles. The summed E-state index contributed by atoms with van der Waals surface area (Å²) in [5.41, 5.74) is 5.59. The Kier molecular flexibility index (Phi) is 6.59. The normalized spacial score (nSPS) is 11.1. The van der Waals surface area contributed by atoms with Crippen LogP contribution in [0.4, 0.5) is 0 Å². The largest absolute Gasteiger partial charge is 0.385 e. The summed E-state index contributed by atoms with van der Waals surface area (Å²) >= 11 is 1.80. The summed E-state index contributed by atoms with van der Waals surface area (Å²) in [6.45, 7) is 4.58. The quantitative estimate of drug-likeness (QED) is 0.686. The molecule has 15 heavy (non-hydrogen) atoms. The average Bonchev–Trinajstić information content (AvgIpc) is 2.71. The molecule has 2 N–H and O–H groups in total. The van der Waals surface area contributed by atoms with Gasteiger partial charge in [-0.2, -0.15) is 0 Å². The number of hydrogen-bond donors (Lipinski definition) is 1. The molecule has 0 aromatic carbocycles. The van der Waals surface area contributed by atoms with E-state index in [4.69, 9.17) is 10.5 Å². The van der Waals surface area contributed by atoms with Crippen molar-refractivity contribution in [1.29, 1.82) is 0 Å². The first-order chi connectivity index (χ1) is 7.36. The molecule has 0 saturated carbocycles. The van der Waals surface area contributed by atoms with Crippen molar-refractivity contribution in [3.05, 3.63) is 22.4 Å². The highest BCUT2D eigenvalue weighted by Gasteiger charge is 2.05. The predicted molar refractivity (Wildman–Crippen MR) is 65.1 cm³/mol. The van der Waals surface area contributed by atoms with Crippen LogP contribution in [0.25, 0.3) is 0 Å². The third kappa shape index (κ3) is 5.28. The Hall–Kier alpha value is -0.420. The van der Waals surface area contributed by atoms with E-state index >= 15 is 0 Å². The van der Waals surface area contributed by atoms with Crippen molar-refractivity contribution in [2.75, 3.05) is 33.4 Å². The maximum atomic E-state index is 5.59. The number of nitrogens with two attached hydrogens (primary N) is 1. The van der Waals surface area contributed by atoms with Gasteiger partial charge < -0.3 is 10.5 Å². The molecule has 3 nitrogen and oxygen atoms in total. The number of ether oxygens (including phenoxy) is 1. The van der Waals surface area contributed by atoms with Gasteiger partial charge in [-0.15, -0.1) is 11.3 Å². The summed E-state index contributed by atoms with van der Waals surface area (Å²) < 4.78 is 5.05. The lowest BCUT2D eigenvalue weighted by molar-refractivity contribution is 0.171. The van der Waals surface area contributed by atoms with Gasteiger partial charge in [-0.05, 0) is 17.9 Å². The second-order valence-corrected chi connectivity index (χ2v) is 4.52. The molecular weight excluding hydrogens is 208 g/mol. The molecule has 86 valence electrons. The third-order valence-electron chi connectivity index (χ3n) is 2.23. The first kappa shape index (κ1) is 12.6. The summed E-state index contributed by atoms with van der Waals surface area (Å²) in [6.07, 6.45) is 1.07. The Labute approximate surface area is 95.8 Å². The van der Waals surface area contributed by atoms with E-state index < -0.39 is 0 Å². The number of hydrogen-bond acceptors (Lipinski definition) is 4. The van der Waals surface area contributed by atoms with Gasteiger partial charge in [-0.1, -0.05) is 6.07 Å². The van der Waals surface area contributed by atoms with Gasteiger partial charge in [0.25, 0.3) is 0 Å². The van der Waals surface area contributed by atoms with Crippen LogP contribution in [0, 0.1) is 0 Å². The first-order valence-electron chi connectivity index (χ1n) is 5.30. The molecule has 1 aromatic heterocycles. The minimum absolute atomic E-state index is 0.721. The lowest BCUT2D eigenvalue weighted by Crippen LogP contribution is -2.30. The Morgan fingerprint density at radius 1 is 1.47 bits per heavy atom. The SMILES string of the molecule is COCCCN(CCN)Cc1cccs1. The van der Waals surface area contributed by atoms with Crippen LogP contribution in [0.15, 0.2) is 17.5 Å². The highest BCUT2D eigenvalue weighted by molar-refractivity contribution is 7.09. The molecule has 0 spiro atoms. The predicted octanol–water partition coefficient (Wildman–Crippen LogP) is 1.55. The van der Waals surface area contributed by atoms with Crippen LogP contribution >= 0.6 is 11.3 Å². The van der Waals surface area contributed by atoms with Crippen molar-refractivity contribution < 1.29 is 4.74 Å². The topological polar surface area (TPSA) is 38.5 Å². The smallest absolute Gasteiger partial charge is 0.0474 e. The van der Waals surface area contributed by atoms with Gasteiger partial charge >= 0.3 is 0 Å². The standard InChI is InChI=1S/C11H20N2OS/c1-14-8-3-6-13(7-5-12)10-11-4-2-9-15-11/h2,4,9H,3,5-8,10,12H2,1H3. The Bertz CT molecular complexity index is 239. The zero-order valence-electron chi connectivity index (χ0n) is 9.32. The van der Waals surface area contributed by atoms with Crippen molar-refractivity contribution in [1.82, 2.24) is 4.90 Å². The molecule has 0 fully saturated rings. The number of nitrogens with zero attached hydrogens (tertiary/aromatic N) is 1. The summed E-state index contributed by atoms with van der Waals surface area (Å²) in [4.78, 5) is 3.78. The minimum Gasteiger partial charge on any atom is -0.385 e. The van der Waals surface area contributed by atoms with Crippen molar-refractivity contribution in [3.63, 3.8) is 0 Å². The highest BCUT2D eigenvalue weighted by atomic mass is 32.1. The van der Waals surface area contributed by atoms with E-state index in [-0.39, 0.29) is 0 Å². The lowest BCUT2D eigenvalue weighted by atomic mass is 10.3. The molecule has 0 aliphatic carbocycles. The van der Waals surface area contributed by atoms with Crippen LogP contribution in [-0.2, 0) is 11.3 Å². The molecule has 0 aliphatic rings.